The number of carbonyl (C=O) groups is 1. The first-order valence-corrected chi connectivity index (χ1v) is 11.5. The van der Waals surface area contributed by atoms with Crippen LogP contribution in [0.15, 0.2) is 18.2 Å². The number of piperazine rings is 1. The van der Waals surface area contributed by atoms with Crippen LogP contribution >= 0.6 is 0 Å². The van der Waals surface area contributed by atoms with E-state index < -0.39 is 9.84 Å². The Balaban J connectivity index is 1.69. The molecule has 146 valence electrons. The summed E-state index contributed by atoms with van der Waals surface area (Å²) in [6.45, 7) is 8.28. The van der Waals surface area contributed by atoms with Gasteiger partial charge in [-0.15, -0.1) is 0 Å². The second kappa shape index (κ2) is 6.63. The molecule has 6 nitrogen and oxygen atoms in total. The number of hydrogen-bond donors (Lipinski definition) is 1. The highest BCUT2D eigenvalue weighted by Crippen LogP contribution is 2.30. The average molecular weight is 390 g/mol. The molecule has 2 atom stereocenters. The van der Waals surface area contributed by atoms with E-state index in [0.29, 0.717) is 12.2 Å². The van der Waals surface area contributed by atoms with Crippen LogP contribution in [0.4, 0.5) is 0 Å². The Bertz CT molecular complexity index is 995. The maximum absolute atomic E-state index is 13.4. The minimum Gasteiger partial charge on any atom is -0.350 e. The highest BCUT2D eigenvalue weighted by atomic mass is 32.2. The number of aryl methyl sites for hydroxylation is 2. The molecule has 2 aliphatic heterocycles. The molecule has 1 aromatic carbocycles. The zero-order valence-corrected chi connectivity index (χ0v) is 17.0. The van der Waals surface area contributed by atoms with Crippen LogP contribution in [0.25, 0.3) is 10.9 Å². The molecular formula is C20H27N3O3S. The zero-order valence-electron chi connectivity index (χ0n) is 16.2. The Labute approximate surface area is 160 Å². The highest BCUT2D eigenvalue weighted by Gasteiger charge is 2.48. The number of H-pyrrole nitrogens is 1. The monoisotopic (exact) mass is 389 g/mol. The number of rotatable bonds is 3. The van der Waals surface area contributed by atoms with Crippen LogP contribution in [-0.2, 0) is 9.84 Å². The molecule has 0 aliphatic carbocycles. The second-order valence-corrected chi connectivity index (χ2v) is 10.1. The van der Waals surface area contributed by atoms with Crippen molar-refractivity contribution >= 4 is 26.6 Å². The standard InChI is InChI=1S/C20H27N3O3S/c1-4-7-22-8-9-23(18-12-27(25,26)11-17(18)22)20(24)19-14(3)15-10-13(2)5-6-16(15)21-19/h5-6,10,17-18,21H,4,7-9,11-12H2,1-3H3/t17-,18+/m1/s1. The van der Waals surface area contributed by atoms with Crippen LogP contribution < -0.4 is 0 Å². The van der Waals surface area contributed by atoms with Gasteiger partial charge in [0.1, 0.15) is 5.69 Å². The third kappa shape index (κ3) is 3.17. The quantitative estimate of drug-likeness (QED) is 0.873. The molecule has 0 unspecified atom stereocenters. The summed E-state index contributed by atoms with van der Waals surface area (Å²) >= 11 is 0. The summed E-state index contributed by atoms with van der Waals surface area (Å²) < 4.78 is 24.6. The zero-order chi connectivity index (χ0) is 19.3. The molecule has 0 saturated carbocycles. The fourth-order valence-corrected chi connectivity index (χ4v) is 6.65. The van der Waals surface area contributed by atoms with Gasteiger partial charge in [-0.1, -0.05) is 18.6 Å². The Hall–Kier alpha value is -1.86. The Morgan fingerprint density at radius 1 is 1.19 bits per heavy atom. The number of nitrogens with one attached hydrogen (secondary N) is 1. The van der Waals surface area contributed by atoms with Gasteiger partial charge in [-0.05, 0) is 44.5 Å². The number of sulfone groups is 1. The highest BCUT2D eigenvalue weighted by molar-refractivity contribution is 7.91. The molecule has 7 heteroatoms. The van der Waals surface area contributed by atoms with Crippen molar-refractivity contribution in [2.24, 2.45) is 0 Å². The van der Waals surface area contributed by atoms with Crippen molar-refractivity contribution in [1.29, 1.82) is 0 Å². The molecule has 2 aliphatic rings. The normalized spacial score (nSPS) is 25.1. The van der Waals surface area contributed by atoms with Crippen LogP contribution in [0.2, 0.25) is 0 Å². The van der Waals surface area contributed by atoms with E-state index in [2.05, 4.69) is 22.9 Å². The van der Waals surface area contributed by atoms with Crippen molar-refractivity contribution < 1.29 is 13.2 Å². The predicted molar refractivity (Wildman–Crippen MR) is 107 cm³/mol. The van der Waals surface area contributed by atoms with E-state index in [1.54, 1.807) is 4.90 Å². The van der Waals surface area contributed by atoms with E-state index in [0.717, 1.165) is 41.5 Å². The minimum absolute atomic E-state index is 0.0714. The third-order valence-electron chi connectivity index (χ3n) is 5.99. The largest absolute Gasteiger partial charge is 0.350 e. The summed E-state index contributed by atoms with van der Waals surface area (Å²) in [5, 5.41) is 1.05. The predicted octanol–water partition coefficient (Wildman–Crippen LogP) is 2.12. The Morgan fingerprint density at radius 2 is 1.93 bits per heavy atom. The summed E-state index contributed by atoms with van der Waals surface area (Å²) in [5.74, 6) is 0.151. The molecule has 2 fully saturated rings. The third-order valence-corrected chi connectivity index (χ3v) is 7.69. The van der Waals surface area contributed by atoms with Crippen molar-refractivity contribution in [2.75, 3.05) is 31.1 Å². The Morgan fingerprint density at radius 3 is 2.67 bits per heavy atom. The number of aromatic amines is 1. The van der Waals surface area contributed by atoms with Gasteiger partial charge in [-0.25, -0.2) is 8.42 Å². The number of amides is 1. The maximum atomic E-state index is 13.4. The van der Waals surface area contributed by atoms with Crippen LogP contribution in [0.5, 0.6) is 0 Å². The Kier molecular flexibility index (Phi) is 4.55. The summed E-state index contributed by atoms with van der Waals surface area (Å²) in [4.78, 5) is 20.7. The lowest BCUT2D eigenvalue weighted by Gasteiger charge is -2.43. The molecule has 27 heavy (non-hydrogen) atoms. The molecule has 2 saturated heterocycles. The number of fused-ring (bicyclic) bond motifs is 2. The van der Waals surface area contributed by atoms with Crippen molar-refractivity contribution in [3.63, 3.8) is 0 Å². The summed E-state index contributed by atoms with van der Waals surface area (Å²) in [5.41, 5.74) is 3.62. The van der Waals surface area contributed by atoms with Crippen molar-refractivity contribution in [3.05, 3.63) is 35.0 Å². The average Bonchev–Trinajstić information content (AvgIpc) is 3.11. The van der Waals surface area contributed by atoms with Gasteiger partial charge in [0, 0.05) is 30.0 Å². The molecule has 1 amide bonds. The van der Waals surface area contributed by atoms with E-state index in [4.69, 9.17) is 0 Å². The number of benzene rings is 1. The number of nitrogens with zero attached hydrogens (tertiary/aromatic N) is 2. The van der Waals surface area contributed by atoms with Gasteiger partial charge < -0.3 is 9.88 Å². The molecule has 4 rings (SSSR count). The number of hydrogen-bond acceptors (Lipinski definition) is 4. The fraction of sp³-hybridized carbons (Fsp3) is 0.550. The van der Waals surface area contributed by atoms with Gasteiger partial charge >= 0.3 is 0 Å². The molecule has 3 heterocycles. The van der Waals surface area contributed by atoms with E-state index in [9.17, 15) is 13.2 Å². The number of carbonyl (C=O) groups excluding carboxylic acids is 1. The summed E-state index contributed by atoms with van der Waals surface area (Å²) in [6.07, 6.45) is 0.984. The number of aromatic nitrogens is 1. The van der Waals surface area contributed by atoms with E-state index in [1.165, 1.54) is 0 Å². The van der Waals surface area contributed by atoms with Crippen molar-refractivity contribution in [2.45, 2.75) is 39.3 Å². The lowest BCUT2D eigenvalue weighted by Crippen LogP contribution is -2.60. The van der Waals surface area contributed by atoms with Crippen LogP contribution in [-0.4, -0.2) is 72.3 Å². The SMILES string of the molecule is CCCN1CCN(C(=O)c2[nH]c3ccc(C)cc3c2C)[C@H]2CS(=O)(=O)C[C@H]21. The summed E-state index contributed by atoms with van der Waals surface area (Å²) in [7, 11) is -3.11. The first kappa shape index (κ1) is 18.5. The van der Waals surface area contributed by atoms with Gasteiger partial charge in [0.05, 0.1) is 17.5 Å². The summed E-state index contributed by atoms with van der Waals surface area (Å²) in [6, 6.07) is 5.77. The van der Waals surface area contributed by atoms with E-state index in [1.807, 2.05) is 26.0 Å². The van der Waals surface area contributed by atoms with E-state index >= 15 is 0 Å². The molecule has 0 spiro atoms. The molecule has 1 aromatic heterocycles. The molecule has 1 N–H and O–H groups in total. The maximum Gasteiger partial charge on any atom is 0.270 e. The fourth-order valence-electron chi connectivity index (χ4n) is 4.64. The van der Waals surface area contributed by atoms with Crippen LogP contribution in [0.3, 0.4) is 0 Å². The first-order valence-electron chi connectivity index (χ1n) is 9.65. The molecular weight excluding hydrogens is 362 g/mol. The van der Waals surface area contributed by atoms with Crippen LogP contribution in [0.1, 0.15) is 35.0 Å². The molecule has 0 bridgehead atoms. The van der Waals surface area contributed by atoms with Gasteiger partial charge in [-0.3, -0.25) is 9.69 Å². The minimum atomic E-state index is -3.11. The molecule has 2 aromatic rings. The van der Waals surface area contributed by atoms with Crippen molar-refractivity contribution in [1.82, 2.24) is 14.8 Å². The van der Waals surface area contributed by atoms with Crippen LogP contribution in [0, 0.1) is 13.8 Å². The van der Waals surface area contributed by atoms with Gasteiger partial charge in [0.25, 0.3) is 5.91 Å². The van der Waals surface area contributed by atoms with Crippen molar-refractivity contribution in [3.8, 4) is 0 Å². The van der Waals surface area contributed by atoms with Gasteiger partial charge in [0.2, 0.25) is 0 Å². The van der Waals surface area contributed by atoms with E-state index in [-0.39, 0.29) is 29.5 Å². The second-order valence-electron chi connectivity index (χ2n) is 7.92. The lowest BCUT2D eigenvalue weighted by molar-refractivity contribution is 0.0328. The first-order chi connectivity index (χ1) is 12.8. The van der Waals surface area contributed by atoms with Gasteiger partial charge in [0.15, 0.2) is 9.84 Å². The lowest BCUT2D eigenvalue weighted by atomic mass is 10.0. The topological polar surface area (TPSA) is 73.5 Å². The smallest absolute Gasteiger partial charge is 0.270 e. The molecule has 0 radical (unpaired) electrons. The van der Waals surface area contributed by atoms with Gasteiger partial charge in [-0.2, -0.15) is 0 Å².